The molecule has 0 aliphatic carbocycles. The van der Waals surface area contributed by atoms with E-state index in [1.165, 1.54) is 114 Å². The number of fused-ring (bicyclic) bond motifs is 21. The molecule has 83 heavy (non-hydrogen) atoms. The summed E-state index contributed by atoms with van der Waals surface area (Å²) in [5.74, 6) is 0. The van der Waals surface area contributed by atoms with E-state index in [9.17, 15) is 14.5 Å². The molecule has 0 unspecified atom stereocenters. The lowest BCUT2D eigenvalue weighted by molar-refractivity contribution is -0.384. The van der Waals surface area contributed by atoms with E-state index in [0.29, 0.717) is 5.56 Å². The van der Waals surface area contributed by atoms with Crippen LogP contribution in [0.3, 0.4) is 0 Å². The Morgan fingerprint density at radius 1 is 0.386 bits per heavy atom. The zero-order chi connectivity index (χ0) is 56.4. The smallest absolute Gasteiger partial charge is 0.277 e. The lowest BCUT2D eigenvalue weighted by Gasteiger charge is -2.18. The number of alkyl halides is 1. The van der Waals surface area contributed by atoms with Crippen LogP contribution in [0.1, 0.15) is 1.37 Å². The number of para-hydroxylation sites is 6. The van der Waals surface area contributed by atoms with Gasteiger partial charge in [-0.2, -0.15) is 0 Å². The topological polar surface area (TPSA) is 67.8 Å². The molecule has 18 rings (SSSR count). The van der Waals surface area contributed by atoms with Crippen molar-refractivity contribution in [1.29, 1.82) is 0 Å². The van der Waals surface area contributed by atoms with Crippen LogP contribution in [0.15, 0.2) is 279 Å². The van der Waals surface area contributed by atoms with E-state index in [0.717, 1.165) is 27.4 Å². The first kappa shape index (κ1) is 48.4. The lowest BCUT2D eigenvalue weighted by atomic mass is 9.93. The van der Waals surface area contributed by atoms with Gasteiger partial charge in [-0.25, -0.2) is 0 Å². The number of hydrogen-bond donors (Lipinski definition) is 1. The van der Waals surface area contributed by atoms with Gasteiger partial charge in [-0.3, -0.25) is 14.5 Å². The van der Waals surface area contributed by atoms with E-state index in [-0.39, 0.29) is 10.6 Å². The van der Waals surface area contributed by atoms with Gasteiger partial charge in [-0.05, 0) is 81.3 Å². The first-order valence-corrected chi connectivity index (χ1v) is 29.0. The zero-order valence-electron chi connectivity index (χ0n) is 45.7. The predicted molar refractivity (Wildman–Crippen MR) is 351 cm³/mol. The van der Waals surface area contributed by atoms with Crippen LogP contribution < -0.4 is 15.9 Å². The number of aromatic amines is 1. The Labute approximate surface area is 478 Å². The van der Waals surface area contributed by atoms with Crippen LogP contribution >= 0.6 is 7.92 Å². The number of rotatable bonds is 5. The van der Waals surface area contributed by atoms with Crippen molar-refractivity contribution in [3.63, 3.8) is 0 Å². The van der Waals surface area contributed by atoms with Gasteiger partial charge in [0, 0.05) is 65.4 Å². The summed E-state index contributed by atoms with van der Waals surface area (Å²) in [6.45, 7) is 0. The summed E-state index contributed by atoms with van der Waals surface area (Å²) in [6.07, 6.45) is 0. The summed E-state index contributed by atoms with van der Waals surface area (Å²) < 4.78 is 20.3. The molecule has 1 N–H and O–H groups in total. The Kier molecular flexibility index (Phi) is 11.8. The summed E-state index contributed by atoms with van der Waals surface area (Å²) >= 11 is 0. The number of nitro benzene ring substituents is 1. The fourth-order valence-electron chi connectivity index (χ4n) is 13.3. The van der Waals surface area contributed by atoms with Gasteiger partial charge >= 0.3 is 0 Å². The van der Waals surface area contributed by atoms with Gasteiger partial charge in [-0.15, -0.1) is 0 Å². The van der Waals surface area contributed by atoms with Gasteiger partial charge < -0.3 is 13.8 Å². The quantitative estimate of drug-likeness (QED) is 0.106. The second-order valence-corrected chi connectivity index (χ2v) is 23.0. The number of H-pyrrole nitrogens is 1. The third-order valence-electron chi connectivity index (χ3n) is 16.5. The molecule has 0 bridgehead atoms. The molecule has 0 aliphatic rings. The minimum atomic E-state index is -1.00. The molecule has 13 aromatic carbocycles. The summed E-state index contributed by atoms with van der Waals surface area (Å²) in [5.41, 5.74) is 11.4. The SMILES string of the molecule is O=[N+]([O-])c1ccccc1-c1cc2c(c3ccccc13)c1cccc3c4ccccc4n2c31.[2H]CF.c1ccc(P(c2ccccc2)c2ccccc2)cc1.c1ccc2c(c1)[nH]c1c2c2ccccc2c2c3cccc4c5ccccc5n(c43)c12. The van der Waals surface area contributed by atoms with Crippen LogP contribution in [0.5, 0.6) is 0 Å². The van der Waals surface area contributed by atoms with Crippen molar-refractivity contribution in [2.45, 2.75) is 0 Å². The molecule has 18 aromatic rings. The molecule has 0 radical (unpaired) electrons. The molecule has 8 heteroatoms. The van der Waals surface area contributed by atoms with Crippen molar-refractivity contribution in [1.82, 2.24) is 13.8 Å². The summed E-state index contributed by atoms with van der Waals surface area (Å²) in [4.78, 5) is 15.3. The second kappa shape index (κ2) is 20.3. The average Bonchev–Trinajstić information content (AvgIpc) is 2.31. The fraction of sp³-hybridized carbons (Fsp3) is 0.0133. The first-order chi connectivity index (χ1) is 41.5. The highest BCUT2D eigenvalue weighted by Gasteiger charge is 2.25. The van der Waals surface area contributed by atoms with Crippen LogP contribution in [0.4, 0.5) is 10.1 Å². The van der Waals surface area contributed by atoms with Crippen molar-refractivity contribution in [2.24, 2.45) is 0 Å². The number of hydrogen-bond acceptors (Lipinski definition) is 2. The highest BCUT2D eigenvalue weighted by molar-refractivity contribution is 7.79. The maximum atomic E-state index is 11.8. The Balaban J connectivity index is 0.000000108. The van der Waals surface area contributed by atoms with Crippen molar-refractivity contribution in [3.05, 3.63) is 289 Å². The summed E-state index contributed by atoms with van der Waals surface area (Å²) in [7, 11) is -1.45. The Hall–Kier alpha value is -10.5. The molecule has 0 atom stereocenters. The van der Waals surface area contributed by atoms with Crippen molar-refractivity contribution in [3.8, 4) is 11.1 Å². The van der Waals surface area contributed by atoms with Crippen molar-refractivity contribution < 1.29 is 10.7 Å². The van der Waals surface area contributed by atoms with E-state index >= 15 is 0 Å². The van der Waals surface area contributed by atoms with E-state index in [1.54, 1.807) is 12.1 Å². The number of nitrogens with zero attached hydrogens (tertiary/aromatic N) is 3. The minimum absolute atomic E-state index is 0.121. The molecule has 6 nitrogen and oxygen atoms in total. The fourth-order valence-corrected chi connectivity index (χ4v) is 15.6. The van der Waals surface area contributed by atoms with E-state index in [2.05, 4.69) is 256 Å². The van der Waals surface area contributed by atoms with E-state index in [1.807, 2.05) is 24.3 Å². The van der Waals surface area contributed by atoms with Crippen molar-refractivity contribution in [2.75, 3.05) is 7.15 Å². The Morgan fingerprint density at radius 2 is 0.795 bits per heavy atom. The van der Waals surface area contributed by atoms with Crippen LogP contribution in [-0.2, 0) is 0 Å². The summed E-state index contributed by atoms with van der Waals surface area (Å²) in [6, 6.07) is 97.6. The molecular weight excluding hydrogens is 1040 g/mol. The van der Waals surface area contributed by atoms with Crippen molar-refractivity contribution >= 4 is 149 Å². The average molecular weight is 1090 g/mol. The highest BCUT2D eigenvalue weighted by Crippen LogP contribution is 2.48. The molecule has 5 heterocycles. The molecular formula is C75H50FN4O2P. The standard InChI is InChI=1S/C28H16N2O2.C28H16N2.C18H15P.CH3F/c31-30(32)25-15-6-4-10-19(25)23-16-26-27(20-11-2-1-8-17(20)23)22-13-7-12-21-18-9-3-5-14-24(18)29(26)28(21)22;1-2-10-18-17(9-1)24-20-11-3-5-14-22(20)29-26(24)28-25(18)21-13-7-12-19-16-8-4-6-15-23(16)30(28)27(19)21;1-4-10-16(11-5-1)19(17-12-6-2-7-13-17)18-14-8-3-9-15-18;1-2/h1-16H;1-15,29H;1-15H;1H3/i;;;1D. The van der Waals surface area contributed by atoms with Gasteiger partial charge in [0.2, 0.25) is 0 Å². The third kappa shape index (κ3) is 7.73. The van der Waals surface area contributed by atoms with Gasteiger partial charge in [0.05, 0.1) is 57.6 Å². The molecule has 5 aromatic heterocycles. The zero-order valence-corrected chi connectivity index (χ0v) is 45.6. The van der Waals surface area contributed by atoms with Gasteiger partial charge in [-0.1, -0.05) is 243 Å². The Bertz CT molecular complexity index is 5390. The number of nitro groups is 1. The lowest BCUT2D eigenvalue weighted by Crippen LogP contribution is -2.20. The molecule has 0 aliphatic heterocycles. The Morgan fingerprint density at radius 3 is 1.37 bits per heavy atom. The summed E-state index contributed by atoms with van der Waals surface area (Å²) in [5, 5.41) is 33.6. The molecule has 0 fully saturated rings. The minimum Gasteiger partial charge on any atom is -0.353 e. The number of benzene rings is 13. The maximum Gasteiger partial charge on any atom is 0.277 e. The first-order valence-electron chi connectivity index (χ1n) is 28.3. The second-order valence-electron chi connectivity index (χ2n) is 20.8. The molecule has 0 spiro atoms. The van der Waals surface area contributed by atoms with Gasteiger partial charge in [0.1, 0.15) is 0 Å². The highest BCUT2D eigenvalue weighted by atomic mass is 31.1. The number of nitrogens with one attached hydrogen (secondary N) is 1. The maximum absolute atomic E-state index is 11.8. The molecule has 0 saturated heterocycles. The largest absolute Gasteiger partial charge is 0.353 e. The predicted octanol–water partition coefficient (Wildman–Crippen LogP) is 19.2. The normalized spacial score (nSPS) is 11.9. The molecule has 394 valence electrons. The monoisotopic (exact) mass is 1090 g/mol. The molecule has 0 amide bonds. The van der Waals surface area contributed by atoms with Crippen LogP contribution in [0.25, 0.3) is 131 Å². The van der Waals surface area contributed by atoms with Crippen LogP contribution in [0, 0.1) is 10.1 Å². The van der Waals surface area contributed by atoms with Gasteiger partial charge in [0.15, 0.2) is 0 Å². The number of halogens is 1. The number of aromatic nitrogens is 3. The van der Waals surface area contributed by atoms with E-state index in [4.69, 9.17) is 1.37 Å². The van der Waals surface area contributed by atoms with Crippen LogP contribution in [-0.4, -0.2) is 25.9 Å². The van der Waals surface area contributed by atoms with E-state index < -0.39 is 15.1 Å². The molecule has 0 saturated carbocycles. The third-order valence-corrected chi connectivity index (χ3v) is 18.9. The van der Waals surface area contributed by atoms with Crippen LogP contribution in [0.2, 0.25) is 0 Å². The van der Waals surface area contributed by atoms with Gasteiger partial charge in [0.25, 0.3) is 5.69 Å².